The molecule has 0 aliphatic carbocycles. The summed E-state index contributed by atoms with van der Waals surface area (Å²) >= 11 is 0. The van der Waals surface area contributed by atoms with Gasteiger partial charge in [-0.1, -0.05) is 6.07 Å². The van der Waals surface area contributed by atoms with Gasteiger partial charge in [0.1, 0.15) is 11.3 Å². The van der Waals surface area contributed by atoms with E-state index >= 15 is 0 Å². The van der Waals surface area contributed by atoms with Crippen molar-refractivity contribution in [2.75, 3.05) is 5.73 Å². The van der Waals surface area contributed by atoms with Crippen LogP contribution in [0, 0.1) is 10.1 Å². The van der Waals surface area contributed by atoms with Crippen LogP contribution in [0.1, 0.15) is 29.6 Å². The van der Waals surface area contributed by atoms with Gasteiger partial charge in [0.05, 0.1) is 23.2 Å². The Morgan fingerprint density at radius 1 is 1.45 bits per heavy atom. The van der Waals surface area contributed by atoms with Crippen molar-refractivity contribution >= 4 is 17.3 Å². The summed E-state index contributed by atoms with van der Waals surface area (Å²) in [6, 6.07) is 4.30. The van der Waals surface area contributed by atoms with Gasteiger partial charge in [-0.05, 0) is 31.4 Å². The molecule has 0 spiro atoms. The van der Waals surface area contributed by atoms with Crippen LogP contribution in [0.25, 0.3) is 0 Å². The molecule has 2 aliphatic heterocycles. The zero-order valence-electron chi connectivity index (χ0n) is 10.7. The van der Waals surface area contributed by atoms with Crippen molar-refractivity contribution < 1.29 is 14.5 Å². The van der Waals surface area contributed by atoms with Gasteiger partial charge in [0.15, 0.2) is 0 Å². The maximum atomic E-state index is 12.2. The van der Waals surface area contributed by atoms with Crippen LogP contribution < -0.4 is 11.1 Å². The van der Waals surface area contributed by atoms with Crippen molar-refractivity contribution in [2.24, 2.45) is 0 Å². The highest BCUT2D eigenvalue weighted by Crippen LogP contribution is 2.35. The number of nitrogens with zero attached hydrogens (tertiary/aromatic N) is 1. The first-order valence-corrected chi connectivity index (χ1v) is 6.55. The number of nitro benzene ring substituents is 1. The molecule has 1 aromatic rings. The Hall–Kier alpha value is -2.15. The number of ether oxygens (including phenoxy) is 1. The highest BCUT2D eigenvalue weighted by atomic mass is 16.6. The van der Waals surface area contributed by atoms with Gasteiger partial charge in [-0.3, -0.25) is 14.9 Å². The van der Waals surface area contributed by atoms with Gasteiger partial charge >= 0.3 is 5.69 Å². The number of carbonyl (C=O) groups is 1. The van der Waals surface area contributed by atoms with Gasteiger partial charge in [-0.2, -0.15) is 0 Å². The number of amides is 1. The van der Waals surface area contributed by atoms with Gasteiger partial charge in [0, 0.05) is 0 Å². The molecule has 3 rings (SSSR count). The SMILES string of the molecule is Nc1cccc(C(=O)NC2CC3CCC2O3)c1[N+](=O)[O-]. The Balaban J connectivity index is 1.81. The molecule has 2 bridgehead atoms. The number of nitrogens with two attached hydrogens (primary N) is 1. The molecule has 1 aromatic carbocycles. The van der Waals surface area contributed by atoms with Crippen LogP contribution in [-0.2, 0) is 4.74 Å². The van der Waals surface area contributed by atoms with E-state index in [0.717, 1.165) is 19.3 Å². The zero-order valence-corrected chi connectivity index (χ0v) is 10.7. The largest absolute Gasteiger partial charge is 0.393 e. The summed E-state index contributed by atoms with van der Waals surface area (Å²) in [7, 11) is 0. The number of hydrogen-bond donors (Lipinski definition) is 2. The minimum atomic E-state index is -0.623. The quantitative estimate of drug-likeness (QED) is 0.491. The standard InChI is InChI=1S/C13H15N3O4/c14-9-3-1-2-8(12(9)16(18)19)13(17)15-10-6-7-4-5-11(10)20-7/h1-3,7,10-11H,4-6,14H2,(H,15,17). The van der Waals surface area contributed by atoms with E-state index in [-0.39, 0.29) is 35.2 Å². The second-order valence-electron chi connectivity index (χ2n) is 5.19. The van der Waals surface area contributed by atoms with Crippen molar-refractivity contribution in [3.05, 3.63) is 33.9 Å². The molecule has 0 radical (unpaired) electrons. The Morgan fingerprint density at radius 2 is 2.25 bits per heavy atom. The van der Waals surface area contributed by atoms with E-state index in [2.05, 4.69) is 5.32 Å². The van der Waals surface area contributed by atoms with Gasteiger partial charge in [0.2, 0.25) is 0 Å². The third-order valence-electron chi connectivity index (χ3n) is 3.92. The Morgan fingerprint density at radius 3 is 2.85 bits per heavy atom. The Labute approximate surface area is 115 Å². The van der Waals surface area contributed by atoms with Crippen molar-refractivity contribution in [1.29, 1.82) is 0 Å². The van der Waals surface area contributed by atoms with Crippen molar-refractivity contribution in [3.63, 3.8) is 0 Å². The number of benzene rings is 1. The molecule has 3 N–H and O–H groups in total. The fraction of sp³-hybridized carbons (Fsp3) is 0.462. The number of nitro groups is 1. The van der Waals surface area contributed by atoms with E-state index in [1.807, 2.05) is 0 Å². The first-order valence-electron chi connectivity index (χ1n) is 6.55. The molecule has 1 amide bonds. The van der Waals surface area contributed by atoms with Crippen LogP contribution in [0.5, 0.6) is 0 Å². The van der Waals surface area contributed by atoms with Crippen molar-refractivity contribution in [1.82, 2.24) is 5.32 Å². The molecule has 7 heteroatoms. The summed E-state index contributed by atoms with van der Waals surface area (Å²) < 4.78 is 5.65. The second-order valence-corrected chi connectivity index (χ2v) is 5.19. The van der Waals surface area contributed by atoms with E-state index < -0.39 is 10.8 Å². The van der Waals surface area contributed by atoms with Gasteiger partial charge in [-0.15, -0.1) is 0 Å². The lowest BCUT2D eigenvalue weighted by Gasteiger charge is -2.20. The van der Waals surface area contributed by atoms with E-state index in [0.29, 0.717) is 0 Å². The number of anilines is 1. The first kappa shape index (κ1) is 12.9. The van der Waals surface area contributed by atoms with E-state index in [4.69, 9.17) is 10.5 Å². The zero-order chi connectivity index (χ0) is 14.3. The lowest BCUT2D eigenvalue weighted by atomic mass is 9.95. The van der Waals surface area contributed by atoms with E-state index in [9.17, 15) is 14.9 Å². The lowest BCUT2D eigenvalue weighted by molar-refractivity contribution is -0.384. The molecule has 2 heterocycles. The number of carbonyl (C=O) groups excluding carboxylic acids is 1. The number of rotatable bonds is 3. The van der Waals surface area contributed by atoms with Crippen molar-refractivity contribution in [2.45, 2.75) is 37.5 Å². The van der Waals surface area contributed by atoms with Gasteiger partial charge in [-0.25, -0.2) is 0 Å². The predicted octanol–water partition coefficient (Wildman–Crippen LogP) is 1.23. The molecule has 7 nitrogen and oxygen atoms in total. The van der Waals surface area contributed by atoms with Crippen molar-refractivity contribution in [3.8, 4) is 0 Å². The average Bonchev–Trinajstić information content (AvgIpc) is 3.00. The normalized spacial score (nSPS) is 27.5. The van der Waals surface area contributed by atoms with E-state index in [1.165, 1.54) is 18.2 Å². The average molecular weight is 277 g/mol. The molecular weight excluding hydrogens is 262 g/mol. The Kier molecular flexibility index (Phi) is 3.06. The number of hydrogen-bond acceptors (Lipinski definition) is 5. The second kappa shape index (κ2) is 4.75. The highest BCUT2D eigenvalue weighted by molar-refractivity contribution is 6.00. The smallest absolute Gasteiger partial charge is 0.304 e. The molecule has 20 heavy (non-hydrogen) atoms. The maximum Gasteiger partial charge on any atom is 0.304 e. The molecular formula is C13H15N3O4. The number of nitrogen functional groups attached to an aromatic ring is 1. The molecule has 0 saturated carbocycles. The van der Waals surface area contributed by atoms with Crippen LogP contribution in [0.2, 0.25) is 0 Å². The summed E-state index contributed by atoms with van der Waals surface area (Å²) in [6.07, 6.45) is 2.96. The fourth-order valence-electron chi connectivity index (χ4n) is 2.98. The molecule has 0 aromatic heterocycles. The summed E-state index contributed by atoms with van der Waals surface area (Å²) in [6.45, 7) is 0. The monoisotopic (exact) mass is 277 g/mol. The van der Waals surface area contributed by atoms with Gasteiger partial charge in [0.25, 0.3) is 5.91 Å². The highest BCUT2D eigenvalue weighted by Gasteiger charge is 2.41. The minimum absolute atomic E-state index is 0.00206. The van der Waals surface area contributed by atoms with Gasteiger partial charge < -0.3 is 15.8 Å². The molecule has 2 saturated heterocycles. The fourth-order valence-corrected chi connectivity index (χ4v) is 2.98. The predicted molar refractivity (Wildman–Crippen MR) is 71.3 cm³/mol. The van der Waals surface area contributed by atoms with E-state index in [1.54, 1.807) is 0 Å². The van der Waals surface area contributed by atoms with Crippen LogP contribution in [0.15, 0.2) is 18.2 Å². The lowest BCUT2D eigenvalue weighted by Crippen LogP contribution is -2.41. The number of para-hydroxylation sites is 1. The number of fused-ring (bicyclic) bond motifs is 2. The first-order chi connectivity index (χ1) is 9.56. The maximum absolute atomic E-state index is 12.2. The molecule has 2 aliphatic rings. The third kappa shape index (κ3) is 2.09. The number of nitrogens with one attached hydrogen (secondary N) is 1. The topological polar surface area (TPSA) is 107 Å². The summed E-state index contributed by atoms with van der Waals surface area (Å²) in [5.41, 5.74) is 5.23. The van der Waals surface area contributed by atoms with Crippen LogP contribution in [0.4, 0.5) is 11.4 Å². The summed E-state index contributed by atoms with van der Waals surface area (Å²) in [5, 5.41) is 13.9. The third-order valence-corrected chi connectivity index (χ3v) is 3.92. The molecule has 2 fully saturated rings. The molecule has 3 unspecified atom stereocenters. The summed E-state index contributed by atoms with van der Waals surface area (Å²) in [4.78, 5) is 22.6. The summed E-state index contributed by atoms with van der Waals surface area (Å²) in [5.74, 6) is -0.467. The van der Waals surface area contributed by atoms with Crippen LogP contribution >= 0.6 is 0 Å². The van der Waals surface area contributed by atoms with Crippen LogP contribution in [0.3, 0.4) is 0 Å². The van der Waals surface area contributed by atoms with Crippen LogP contribution in [-0.4, -0.2) is 29.1 Å². The minimum Gasteiger partial charge on any atom is -0.393 e. The molecule has 106 valence electrons. The Bertz CT molecular complexity index is 575. The molecule has 3 atom stereocenters.